The number of hydrogen-bond acceptors (Lipinski definition) is 3. The monoisotopic (exact) mass is 276 g/mol. The molecule has 108 valence electrons. The van der Waals surface area contributed by atoms with E-state index in [0.717, 1.165) is 30.8 Å². The Balaban J connectivity index is 1.77. The second kappa shape index (κ2) is 6.61. The van der Waals surface area contributed by atoms with Crippen LogP contribution in [0.5, 0.6) is 0 Å². The zero-order valence-corrected chi connectivity index (χ0v) is 12.2. The van der Waals surface area contributed by atoms with Crippen molar-refractivity contribution in [2.45, 2.75) is 39.8 Å². The molecule has 0 saturated heterocycles. The highest BCUT2D eigenvalue weighted by Gasteiger charge is 2.06. The van der Waals surface area contributed by atoms with Gasteiger partial charge in [-0.3, -0.25) is 9.67 Å². The molecule has 0 aliphatic rings. The number of rotatable bonds is 6. The molecule has 5 heteroatoms. The zero-order chi connectivity index (χ0) is 14.5. The van der Waals surface area contributed by atoms with Gasteiger partial charge in [0, 0.05) is 24.5 Å². The fourth-order valence-corrected chi connectivity index (χ4v) is 2.23. The third-order valence-electron chi connectivity index (χ3n) is 3.33. The Hall–Kier alpha value is -1.75. The summed E-state index contributed by atoms with van der Waals surface area (Å²) >= 11 is 0. The summed E-state index contributed by atoms with van der Waals surface area (Å²) in [6.45, 7) is 7.83. The lowest BCUT2D eigenvalue weighted by Crippen LogP contribution is -2.21. The Bertz CT molecular complexity index is 565. The van der Waals surface area contributed by atoms with E-state index in [1.54, 1.807) is 6.20 Å². The molecule has 1 N–H and O–H groups in total. The maximum Gasteiger partial charge on any atom is 0.141 e. The number of hydrogen-bond donors (Lipinski definition) is 1. The second-order valence-corrected chi connectivity index (χ2v) is 5.12. The first-order valence-electron chi connectivity index (χ1n) is 6.91. The van der Waals surface area contributed by atoms with Gasteiger partial charge in [-0.1, -0.05) is 0 Å². The van der Waals surface area contributed by atoms with Crippen molar-refractivity contribution in [1.29, 1.82) is 0 Å². The van der Waals surface area contributed by atoms with Gasteiger partial charge in [0.05, 0.1) is 11.9 Å². The molecule has 0 aromatic carbocycles. The Morgan fingerprint density at radius 2 is 2.10 bits per heavy atom. The minimum Gasteiger partial charge on any atom is -0.310 e. The Morgan fingerprint density at radius 1 is 1.30 bits per heavy atom. The van der Waals surface area contributed by atoms with Crippen LogP contribution in [0.3, 0.4) is 0 Å². The average Bonchev–Trinajstić information content (AvgIpc) is 2.73. The summed E-state index contributed by atoms with van der Waals surface area (Å²) < 4.78 is 15.1. The number of aromatic nitrogens is 3. The van der Waals surface area contributed by atoms with Crippen LogP contribution in [-0.4, -0.2) is 21.3 Å². The van der Waals surface area contributed by atoms with E-state index < -0.39 is 0 Å². The fraction of sp³-hybridized carbons (Fsp3) is 0.467. The van der Waals surface area contributed by atoms with E-state index in [2.05, 4.69) is 28.4 Å². The van der Waals surface area contributed by atoms with Gasteiger partial charge in [-0.25, -0.2) is 4.39 Å². The molecule has 0 fully saturated rings. The molecule has 0 radical (unpaired) electrons. The van der Waals surface area contributed by atoms with E-state index in [4.69, 9.17) is 0 Å². The van der Waals surface area contributed by atoms with Crippen molar-refractivity contribution >= 4 is 0 Å². The van der Waals surface area contributed by atoms with Gasteiger partial charge in [0.15, 0.2) is 0 Å². The number of halogens is 1. The highest BCUT2D eigenvalue weighted by Crippen LogP contribution is 2.11. The van der Waals surface area contributed by atoms with Gasteiger partial charge >= 0.3 is 0 Å². The van der Waals surface area contributed by atoms with Gasteiger partial charge in [0.2, 0.25) is 0 Å². The molecular formula is C15H21FN4. The van der Waals surface area contributed by atoms with E-state index in [1.807, 2.05) is 18.5 Å². The lowest BCUT2D eigenvalue weighted by Gasteiger charge is -2.14. The van der Waals surface area contributed by atoms with Crippen molar-refractivity contribution < 1.29 is 4.39 Å². The van der Waals surface area contributed by atoms with E-state index >= 15 is 0 Å². The highest BCUT2D eigenvalue weighted by atomic mass is 19.1. The van der Waals surface area contributed by atoms with Crippen LogP contribution in [0.1, 0.15) is 36.3 Å². The number of pyridine rings is 1. The molecule has 2 aromatic rings. The lowest BCUT2D eigenvalue weighted by atomic mass is 10.1. The quantitative estimate of drug-likeness (QED) is 0.825. The minimum atomic E-state index is -0.293. The van der Waals surface area contributed by atoms with Crippen molar-refractivity contribution in [3.8, 4) is 0 Å². The van der Waals surface area contributed by atoms with Crippen LogP contribution in [0.4, 0.5) is 4.39 Å². The molecule has 1 unspecified atom stereocenters. The maximum absolute atomic E-state index is 13.1. The van der Waals surface area contributed by atoms with E-state index in [9.17, 15) is 4.39 Å². The number of aryl methyl sites for hydroxylation is 3. The van der Waals surface area contributed by atoms with E-state index in [0.29, 0.717) is 0 Å². The summed E-state index contributed by atoms with van der Waals surface area (Å²) in [6, 6.07) is 3.69. The molecule has 0 spiro atoms. The van der Waals surface area contributed by atoms with Crippen LogP contribution in [0.15, 0.2) is 24.5 Å². The van der Waals surface area contributed by atoms with Gasteiger partial charge in [0.1, 0.15) is 5.82 Å². The Morgan fingerprint density at radius 3 is 2.75 bits per heavy atom. The molecule has 2 aromatic heterocycles. The number of nitrogens with zero attached hydrogens (tertiary/aromatic N) is 3. The highest BCUT2D eigenvalue weighted by molar-refractivity contribution is 5.14. The molecule has 0 aliphatic heterocycles. The first kappa shape index (κ1) is 14.7. The van der Waals surface area contributed by atoms with Crippen molar-refractivity contribution in [2.24, 2.45) is 0 Å². The topological polar surface area (TPSA) is 42.7 Å². The summed E-state index contributed by atoms with van der Waals surface area (Å²) in [4.78, 5) is 3.87. The van der Waals surface area contributed by atoms with E-state index in [1.165, 1.54) is 18.0 Å². The van der Waals surface area contributed by atoms with Gasteiger partial charge in [0.25, 0.3) is 0 Å². The fourth-order valence-electron chi connectivity index (χ4n) is 2.23. The third kappa shape index (κ3) is 3.87. The second-order valence-electron chi connectivity index (χ2n) is 5.12. The molecule has 0 bridgehead atoms. The summed E-state index contributed by atoms with van der Waals surface area (Å²) in [5, 5.41) is 7.80. The maximum atomic E-state index is 13.1. The Labute approximate surface area is 119 Å². The van der Waals surface area contributed by atoms with Crippen LogP contribution in [-0.2, 0) is 6.54 Å². The van der Waals surface area contributed by atoms with Gasteiger partial charge < -0.3 is 5.32 Å². The van der Waals surface area contributed by atoms with Crippen molar-refractivity contribution in [3.63, 3.8) is 0 Å². The first-order chi connectivity index (χ1) is 9.56. The predicted octanol–water partition coefficient (Wildman–Crippen LogP) is 2.77. The van der Waals surface area contributed by atoms with Crippen LogP contribution in [0, 0.1) is 19.7 Å². The molecule has 0 saturated carbocycles. The average molecular weight is 276 g/mol. The van der Waals surface area contributed by atoms with Crippen LogP contribution in [0.25, 0.3) is 0 Å². The van der Waals surface area contributed by atoms with Gasteiger partial charge in [-0.05, 0) is 51.4 Å². The van der Waals surface area contributed by atoms with Crippen LogP contribution < -0.4 is 5.32 Å². The molecular weight excluding hydrogens is 255 g/mol. The molecule has 2 heterocycles. The predicted molar refractivity (Wildman–Crippen MR) is 76.9 cm³/mol. The summed E-state index contributed by atoms with van der Waals surface area (Å²) in [5.74, 6) is -0.293. The molecule has 0 aliphatic carbocycles. The van der Waals surface area contributed by atoms with Crippen molar-refractivity contribution in [1.82, 2.24) is 20.1 Å². The minimum absolute atomic E-state index is 0.0960. The van der Waals surface area contributed by atoms with Crippen LogP contribution >= 0.6 is 0 Å². The smallest absolute Gasteiger partial charge is 0.141 e. The van der Waals surface area contributed by atoms with Gasteiger partial charge in [-0.15, -0.1) is 0 Å². The Kier molecular flexibility index (Phi) is 4.84. The molecule has 4 nitrogen and oxygen atoms in total. The summed E-state index contributed by atoms with van der Waals surface area (Å²) in [7, 11) is 0. The molecule has 20 heavy (non-hydrogen) atoms. The standard InChI is InChI=1S/C15H21FN4/c1-11-7-12(2)20(19-11)6-4-5-18-13(3)14-8-15(16)10-17-9-14/h7-10,13,18H,4-6H2,1-3H3. The summed E-state index contributed by atoms with van der Waals surface area (Å²) in [6.07, 6.45) is 3.90. The van der Waals surface area contributed by atoms with E-state index in [-0.39, 0.29) is 11.9 Å². The van der Waals surface area contributed by atoms with Crippen LogP contribution in [0.2, 0.25) is 0 Å². The van der Waals surface area contributed by atoms with Gasteiger partial charge in [-0.2, -0.15) is 5.10 Å². The lowest BCUT2D eigenvalue weighted by molar-refractivity contribution is 0.498. The van der Waals surface area contributed by atoms with Crippen molar-refractivity contribution in [2.75, 3.05) is 6.54 Å². The summed E-state index contributed by atoms with van der Waals surface area (Å²) in [5.41, 5.74) is 3.11. The molecule has 0 amide bonds. The normalized spacial score (nSPS) is 12.6. The third-order valence-corrected chi connectivity index (χ3v) is 3.33. The zero-order valence-electron chi connectivity index (χ0n) is 12.2. The van der Waals surface area contributed by atoms with Crippen molar-refractivity contribution in [3.05, 3.63) is 47.3 Å². The number of nitrogens with one attached hydrogen (secondary N) is 1. The molecule has 2 rings (SSSR count). The SMILES string of the molecule is Cc1cc(C)n(CCCNC(C)c2cncc(F)c2)n1. The largest absolute Gasteiger partial charge is 0.310 e. The first-order valence-corrected chi connectivity index (χ1v) is 6.91. The molecule has 1 atom stereocenters.